The molecule has 22 heavy (non-hydrogen) atoms. The molecule has 0 spiro atoms. The van der Waals surface area contributed by atoms with Crippen molar-refractivity contribution in [3.8, 4) is 0 Å². The van der Waals surface area contributed by atoms with Crippen molar-refractivity contribution in [2.24, 2.45) is 5.92 Å². The van der Waals surface area contributed by atoms with Crippen LogP contribution in [0.3, 0.4) is 0 Å². The summed E-state index contributed by atoms with van der Waals surface area (Å²) in [5.41, 5.74) is 1.26. The Morgan fingerprint density at radius 2 is 2.00 bits per heavy atom. The van der Waals surface area contributed by atoms with Gasteiger partial charge in [0, 0.05) is 12.5 Å². The standard InChI is InChI=1S/C19H28N2O/c1-21-14-6-5-9-17(21)12-13-18(22)20-19(16-10-11-16)15-7-3-2-4-8-15/h2-4,7-8,16-17,19H,5-6,9-14H2,1H3,(H,20,22). The molecule has 1 N–H and O–H groups in total. The molecule has 0 aromatic heterocycles. The molecule has 1 aliphatic heterocycles. The first-order valence-electron chi connectivity index (χ1n) is 8.78. The van der Waals surface area contributed by atoms with Gasteiger partial charge in [-0.1, -0.05) is 36.8 Å². The minimum absolute atomic E-state index is 0.220. The molecular formula is C19H28N2O. The number of benzene rings is 1. The zero-order valence-corrected chi connectivity index (χ0v) is 13.6. The van der Waals surface area contributed by atoms with Gasteiger partial charge in [0.2, 0.25) is 5.91 Å². The van der Waals surface area contributed by atoms with Gasteiger partial charge in [-0.2, -0.15) is 0 Å². The Hall–Kier alpha value is -1.35. The third-order valence-electron chi connectivity index (χ3n) is 5.19. The van der Waals surface area contributed by atoms with Gasteiger partial charge in [0.15, 0.2) is 0 Å². The maximum absolute atomic E-state index is 12.4. The van der Waals surface area contributed by atoms with Gasteiger partial charge in [-0.25, -0.2) is 0 Å². The van der Waals surface area contributed by atoms with Crippen molar-refractivity contribution in [3.63, 3.8) is 0 Å². The van der Waals surface area contributed by atoms with Crippen LogP contribution in [0.25, 0.3) is 0 Å². The molecule has 1 aromatic rings. The fourth-order valence-corrected chi connectivity index (χ4v) is 3.62. The van der Waals surface area contributed by atoms with Gasteiger partial charge < -0.3 is 10.2 Å². The summed E-state index contributed by atoms with van der Waals surface area (Å²) >= 11 is 0. The molecule has 0 bridgehead atoms. The van der Waals surface area contributed by atoms with Gasteiger partial charge in [-0.15, -0.1) is 0 Å². The number of rotatable bonds is 6. The molecule has 2 atom stereocenters. The summed E-state index contributed by atoms with van der Waals surface area (Å²) in [4.78, 5) is 14.8. The van der Waals surface area contributed by atoms with E-state index in [1.165, 1.54) is 44.2 Å². The van der Waals surface area contributed by atoms with E-state index in [9.17, 15) is 4.79 Å². The van der Waals surface area contributed by atoms with Gasteiger partial charge in [-0.05, 0) is 57.2 Å². The summed E-state index contributed by atoms with van der Waals surface area (Å²) < 4.78 is 0. The number of hydrogen-bond donors (Lipinski definition) is 1. The average Bonchev–Trinajstić information content (AvgIpc) is 3.37. The lowest BCUT2D eigenvalue weighted by atomic mass is 9.98. The van der Waals surface area contributed by atoms with E-state index in [4.69, 9.17) is 0 Å². The first kappa shape index (κ1) is 15.5. The van der Waals surface area contributed by atoms with E-state index in [1.54, 1.807) is 0 Å². The highest BCUT2D eigenvalue weighted by molar-refractivity contribution is 5.76. The number of nitrogens with zero attached hydrogens (tertiary/aromatic N) is 1. The number of carbonyl (C=O) groups excluding carboxylic acids is 1. The molecule has 1 aromatic carbocycles. The molecule has 1 saturated heterocycles. The number of piperidine rings is 1. The molecule has 120 valence electrons. The van der Waals surface area contributed by atoms with E-state index in [2.05, 4.69) is 41.5 Å². The minimum Gasteiger partial charge on any atom is -0.349 e. The number of nitrogens with one attached hydrogen (secondary N) is 1. The van der Waals surface area contributed by atoms with Crippen LogP contribution >= 0.6 is 0 Å². The molecule has 0 radical (unpaired) electrons. The van der Waals surface area contributed by atoms with Gasteiger partial charge >= 0.3 is 0 Å². The van der Waals surface area contributed by atoms with Crippen molar-refractivity contribution in [3.05, 3.63) is 35.9 Å². The normalized spacial score (nSPS) is 24.0. The maximum Gasteiger partial charge on any atom is 0.220 e. The van der Waals surface area contributed by atoms with Crippen LogP contribution in [0.1, 0.15) is 56.6 Å². The van der Waals surface area contributed by atoms with Crippen LogP contribution in [0.2, 0.25) is 0 Å². The van der Waals surface area contributed by atoms with Gasteiger partial charge in [0.1, 0.15) is 0 Å². The highest BCUT2D eigenvalue weighted by atomic mass is 16.1. The molecule has 1 saturated carbocycles. The largest absolute Gasteiger partial charge is 0.349 e. The SMILES string of the molecule is CN1CCCCC1CCC(=O)NC(c1ccccc1)C1CC1. The van der Waals surface area contributed by atoms with Gasteiger partial charge in [-0.3, -0.25) is 4.79 Å². The second-order valence-electron chi connectivity index (χ2n) is 6.96. The smallest absolute Gasteiger partial charge is 0.220 e. The Kier molecular flexibility index (Phi) is 5.14. The third kappa shape index (κ3) is 4.10. The van der Waals surface area contributed by atoms with Crippen molar-refractivity contribution in [2.75, 3.05) is 13.6 Å². The van der Waals surface area contributed by atoms with Crippen molar-refractivity contribution in [1.82, 2.24) is 10.2 Å². The molecule has 3 nitrogen and oxygen atoms in total. The van der Waals surface area contributed by atoms with E-state index in [-0.39, 0.29) is 11.9 Å². The van der Waals surface area contributed by atoms with Gasteiger partial charge in [0.25, 0.3) is 0 Å². The Morgan fingerprint density at radius 3 is 2.68 bits per heavy atom. The van der Waals surface area contributed by atoms with E-state index in [1.807, 2.05) is 6.07 Å². The van der Waals surface area contributed by atoms with E-state index >= 15 is 0 Å². The van der Waals surface area contributed by atoms with Crippen molar-refractivity contribution in [1.29, 1.82) is 0 Å². The van der Waals surface area contributed by atoms with E-state index in [0.717, 1.165) is 6.42 Å². The highest BCUT2D eigenvalue weighted by Crippen LogP contribution is 2.41. The number of carbonyl (C=O) groups is 1. The van der Waals surface area contributed by atoms with Crippen molar-refractivity contribution < 1.29 is 4.79 Å². The number of amides is 1. The van der Waals surface area contributed by atoms with E-state index in [0.29, 0.717) is 18.4 Å². The van der Waals surface area contributed by atoms with E-state index < -0.39 is 0 Å². The highest BCUT2D eigenvalue weighted by Gasteiger charge is 2.33. The summed E-state index contributed by atoms with van der Waals surface area (Å²) in [6.07, 6.45) is 7.99. The molecule has 1 heterocycles. The van der Waals surface area contributed by atoms with Crippen molar-refractivity contribution >= 4 is 5.91 Å². The van der Waals surface area contributed by atoms with Crippen LogP contribution < -0.4 is 5.32 Å². The molecule has 1 aliphatic carbocycles. The Balaban J connectivity index is 1.51. The van der Waals surface area contributed by atoms with Crippen LogP contribution in [0, 0.1) is 5.92 Å². The lowest BCUT2D eigenvalue weighted by molar-refractivity contribution is -0.122. The monoisotopic (exact) mass is 300 g/mol. The van der Waals surface area contributed by atoms with Gasteiger partial charge in [0.05, 0.1) is 6.04 Å². The summed E-state index contributed by atoms with van der Waals surface area (Å²) in [6.45, 7) is 1.18. The Bertz CT molecular complexity index is 483. The summed E-state index contributed by atoms with van der Waals surface area (Å²) in [6, 6.07) is 11.3. The lowest BCUT2D eigenvalue weighted by Crippen LogP contribution is -2.37. The summed E-state index contributed by atoms with van der Waals surface area (Å²) in [5.74, 6) is 0.864. The lowest BCUT2D eigenvalue weighted by Gasteiger charge is -2.32. The molecule has 3 rings (SSSR count). The average molecular weight is 300 g/mol. The Morgan fingerprint density at radius 1 is 1.23 bits per heavy atom. The molecular weight excluding hydrogens is 272 g/mol. The Labute approximate surface area is 134 Å². The predicted octanol–water partition coefficient (Wildman–Crippen LogP) is 3.52. The van der Waals surface area contributed by atoms with Crippen LogP contribution in [-0.4, -0.2) is 30.4 Å². The molecule has 3 heteroatoms. The van der Waals surface area contributed by atoms with Crippen LogP contribution in [0.5, 0.6) is 0 Å². The molecule has 2 unspecified atom stereocenters. The van der Waals surface area contributed by atoms with Crippen LogP contribution in [-0.2, 0) is 4.79 Å². The van der Waals surface area contributed by atoms with Crippen LogP contribution in [0.15, 0.2) is 30.3 Å². The number of likely N-dealkylation sites (tertiary alicyclic amines) is 1. The third-order valence-corrected chi connectivity index (χ3v) is 5.19. The fourth-order valence-electron chi connectivity index (χ4n) is 3.62. The fraction of sp³-hybridized carbons (Fsp3) is 0.632. The predicted molar refractivity (Wildman–Crippen MR) is 89.6 cm³/mol. The molecule has 2 fully saturated rings. The summed E-state index contributed by atoms with van der Waals surface area (Å²) in [5, 5.41) is 3.29. The summed E-state index contributed by atoms with van der Waals surface area (Å²) in [7, 11) is 2.19. The maximum atomic E-state index is 12.4. The quantitative estimate of drug-likeness (QED) is 0.872. The molecule has 1 amide bonds. The second kappa shape index (κ2) is 7.28. The first-order chi connectivity index (χ1) is 10.7. The number of hydrogen-bond acceptors (Lipinski definition) is 2. The van der Waals surface area contributed by atoms with Crippen molar-refractivity contribution in [2.45, 2.75) is 57.0 Å². The molecule has 2 aliphatic rings. The minimum atomic E-state index is 0.220. The first-order valence-corrected chi connectivity index (χ1v) is 8.78. The topological polar surface area (TPSA) is 32.3 Å². The second-order valence-corrected chi connectivity index (χ2v) is 6.96. The van der Waals surface area contributed by atoms with Crippen LogP contribution in [0.4, 0.5) is 0 Å². The zero-order chi connectivity index (χ0) is 15.4. The zero-order valence-electron chi connectivity index (χ0n) is 13.6.